The first-order valence-electron chi connectivity index (χ1n) is 5.39. The number of ether oxygens (including phenoxy) is 1. The van der Waals surface area contributed by atoms with Crippen molar-refractivity contribution in [3.63, 3.8) is 0 Å². The fourth-order valence-electron chi connectivity index (χ4n) is 1.45. The van der Waals surface area contributed by atoms with Gasteiger partial charge in [-0.1, -0.05) is 12.1 Å². The van der Waals surface area contributed by atoms with Gasteiger partial charge in [0.2, 0.25) is 0 Å². The molecular formula is C12H17NOS. The third kappa shape index (κ3) is 3.43. The molecule has 2 nitrogen and oxygen atoms in total. The van der Waals surface area contributed by atoms with Gasteiger partial charge in [-0.05, 0) is 31.2 Å². The van der Waals surface area contributed by atoms with Gasteiger partial charge in [0.15, 0.2) is 0 Å². The second kappa shape index (κ2) is 5.42. The lowest BCUT2D eigenvalue weighted by Crippen LogP contribution is -2.22. The fraction of sp³-hybridized carbons (Fsp3) is 0.500. The Bertz CT molecular complexity index is 312. The number of nitrogens with one attached hydrogen (secondary N) is 1. The first kappa shape index (κ1) is 10.8. The second-order valence-electron chi connectivity index (χ2n) is 3.73. The van der Waals surface area contributed by atoms with E-state index in [1.165, 1.54) is 17.7 Å². The van der Waals surface area contributed by atoms with E-state index in [-0.39, 0.29) is 0 Å². The molecule has 0 heterocycles. The molecule has 1 aliphatic carbocycles. The Balaban J connectivity index is 1.75. The van der Waals surface area contributed by atoms with Crippen LogP contribution in [0.1, 0.15) is 12.8 Å². The zero-order valence-electron chi connectivity index (χ0n) is 9.03. The van der Waals surface area contributed by atoms with Crippen molar-refractivity contribution in [2.45, 2.75) is 23.8 Å². The van der Waals surface area contributed by atoms with Crippen LogP contribution in [-0.4, -0.2) is 25.4 Å². The summed E-state index contributed by atoms with van der Waals surface area (Å²) in [6.45, 7) is 1.71. The maximum atomic E-state index is 5.72. The zero-order chi connectivity index (χ0) is 10.5. The molecule has 0 aliphatic heterocycles. The summed E-state index contributed by atoms with van der Waals surface area (Å²) in [5, 5.41) is 3.43. The molecule has 1 aromatic rings. The lowest BCUT2D eigenvalue weighted by molar-refractivity contribution is 0.306. The summed E-state index contributed by atoms with van der Waals surface area (Å²) in [5.74, 6) is 1.00. The van der Waals surface area contributed by atoms with Gasteiger partial charge < -0.3 is 10.1 Å². The summed E-state index contributed by atoms with van der Waals surface area (Å²) in [6.07, 6.45) is 4.74. The van der Waals surface area contributed by atoms with Crippen molar-refractivity contribution in [3.05, 3.63) is 24.3 Å². The molecule has 0 aromatic heterocycles. The summed E-state index contributed by atoms with van der Waals surface area (Å²) in [7, 11) is 0. The van der Waals surface area contributed by atoms with Crippen molar-refractivity contribution in [3.8, 4) is 5.75 Å². The van der Waals surface area contributed by atoms with E-state index in [9.17, 15) is 0 Å². The van der Waals surface area contributed by atoms with Gasteiger partial charge in [-0.15, -0.1) is 11.8 Å². The van der Waals surface area contributed by atoms with E-state index in [2.05, 4.69) is 17.6 Å². The molecule has 1 aliphatic rings. The van der Waals surface area contributed by atoms with Gasteiger partial charge in [0.25, 0.3) is 0 Å². The lowest BCUT2D eigenvalue weighted by Gasteiger charge is -2.09. The van der Waals surface area contributed by atoms with Gasteiger partial charge in [-0.2, -0.15) is 0 Å². The minimum absolute atomic E-state index is 0.758. The lowest BCUT2D eigenvalue weighted by atomic mass is 10.3. The molecule has 0 spiro atoms. The summed E-state index contributed by atoms with van der Waals surface area (Å²) in [5.41, 5.74) is 0. The molecule has 0 radical (unpaired) electrons. The Kier molecular flexibility index (Phi) is 3.92. The van der Waals surface area contributed by atoms with Gasteiger partial charge >= 0.3 is 0 Å². The molecule has 0 atom stereocenters. The first-order chi connectivity index (χ1) is 7.40. The Morgan fingerprint density at radius 1 is 1.40 bits per heavy atom. The molecule has 0 amide bonds. The molecular weight excluding hydrogens is 206 g/mol. The number of hydrogen-bond donors (Lipinski definition) is 1. The molecule has 0 unspecified atom stereocenters. The average Bonchev–Trinajstić information content (AvgIpc) is 3.09. The quantitative estimate of drug-likeness (QED) is 0.591. The van der Waals surface area contributed by atoms with E-state index < -0.39 is 0 Å². The Morgan fingerprint density at radius 2 is 2.20 bits per heavy atom. The highest BCUT2D eigenvalue weighted by Crippen LogP contribution is 2.26. The molecule has 3 heteroatoms. The van der Waals surface area contributed by atoms with Crippen LogP contribution < -0.4 is 10.1 Å². The number of thioether (sulfide) groups is 1. The van der Waals surface area contributed by atoms with Crippen LogP contribution in [0.25, 0.3) is 0 Å². The topological polar surface area (TPSA) is 21.3 Å². The smallest absolute Gasteiger partial charge is 0.132 e. The number of para-hydroxylation sites is 1. The number of rotatable bonds is 6. The molecule has 0 bridgehead atoms. The van der Waals surface area contributed by atoms with Crippen LogP contribution in [0, 0.1) is 0 Å². The maximum Gasteiger partial charge on any atom is 0.132 e. The van der Waals surface area contributed by atoms with Crippen molar-refractivity contribution in [2.24, 2.45) is 0 Å². The molecule has 1 fully saturated rings. The number of benzene rings is 1. The highest BCUT2D eigenvalue weighted by molar-refractivity contribution is 7.98. The van der Waals surface area contributed by atoms with E-state index in [0.717, 1.165) is 24.9 Å². The van der Waals surface area contributed by atoms with Crippen LogP contribution in [0.5, 0.6) is 5.75 Å². The SMILES string of the molecule is CSc1ccccc1OCCNC1CC1. The third-order valence-corrected chi connectivity index (χ3v) is 3.22. The van der Waals surface area contributed by atoms with Gasteiger partial charge in [0.1, 0.15) is 12.4 Å². The predicted molar refractivity (Wildman–Crippen MR) is 64.7 cm³/mol. The monoisotopic (exact) mass is 223 g/mol. The average molecular weight is 223 g/mol. The van der Waals surface area contributed by atoms with Gasteiger partial charge in [0, 0.05) is 17.5 Å². The van der Waals surface area contributed by atoms with Crippen LogP contribution >= 0.6 is 11.8 Å². The Labute approximate surface area is 95.4 Å². The van der Waals surface area contributed by atoms with Crippen LogP contribution in [0.2, 0.25) is 0 Å². The second-order valence-corrected chi connectivity index (χ2v) is 4.58. The fourth-order valence-corrected chi connectivity index (χ4v) is 1.99. The normalized spacial score (nSPS) is 15.3. The van der Waals surface area contributed by atoms with E-state index in [0.29, 0.717) is 0 Å². The van der Waals surface area contributed by atoms with Crippen molar-refractivity contribution in [2.75, 3.05) is 19.4 Å². The summed E-state index contributed by atoms with van der Waals surface area (Å²) >= 11 is 1.73. The minimum atomic E-state index is 0.758. The van der Waals surface area contributed by atoms with Crippen LogP contribution in [0.4, 0.5) is 0 Å². The molecule has 15 heavy (non-hydrogen) atoms. The van der Waals surface area contributed by atoms with Crippen molar-refractivity contribution in [1.82, 2.24) is 5.32 Å². The van der Waals surface area contributed by atoms with Crippen molar-refractivity contribution >= 4 is 11.8 Å². The van der Waals surface area contributed by atoms with E-state index in [4.69, 9.17) is 4.74 Å². The van der Waals surface area contributed by atoms with Crippen LogP contribution in [0.15, 0.2) is 29.2 Å². The van der Waals surface area contributed by atoms with Gasteiger partial charge in [0.05, 0.1) is 0 Å². The zero-order valence-corrected chi connectivity index (χ0v) is 9.85. The highest BCUT2D eigenvalue weighted by atomic mass is 32.2. The maximum absolute atomic E-state index is 5.72. The van der Waals surface area contributed by atoms with Crippen LogP contribution in [-0.2, 0) is 0 Å². The summed E-state index contributed by atoms with van der Waals surface area (Å²) in [6, 6.07) is 8.95. The van der Waals surface area contributed by atoms with Crippen molar-refractivity contribution < 1.29 is 4.74 Å². The first-order valence-corrected chi connectivity index (χ1v) is 6.62. The highest BCUT2D eigenvalue weighted by Gasteiger charge is 2.19. The molecule has 1 aromatic carbocycles. The largest absolute Gasteiger partial charge is 0.491 e. The summed E-state index contributed by atoms with van der Waals surface area (Å²) in [4.78, 5) is 1.21. The molecule has 2 rings (SSSR count). The van der Waals surface area contributed by atoms with E-state index in [1.807, 2.05) is 18.2 Å². The van der Waals surface area contributed by atoms with Gasteiger partial charge in [-0.25, -0.2) is 0 Å². The van der Waals surface area contributed by atoms with Crippen molar-refractivity contribution in [1.29, 1.82) is 0 Å². The predicted octanol–water partition coefficient (Wildman–Crippen LogP) is 2.54. The molecule has 0 saturated heterocycles. The molecule has 1 saturated carbocycles. The minimum Gasteiger partial charge on any atom is -0.491 e. The Morgan fingerprint density at radius 3 is 2.93 bits per heavy atom. The molecule has 82 valence electrons. The Hall–Kier alpha value is -0.670. The van der Waals surface area contributed by atoms with E-state index >= 15 is 0 Å². The summed E-state index contributed by atoms with van der Waals surface area (Å²) < 4.78 is 5.72. The van der Waals surface area contributed by atoms with Crippen LogP contribution in [0.3, 0.4) is 0 Å². The van der Waals surface area contributed by atoms with E-state index in [1.54, 1.807) is 11.8 Å². The standard InChI is InChI=1S/C12H17NOS/c1-15-12-5-3-2-4-11(12)14-9-8-13-10-6-7-10/h2-5,10,13H,6-9H2,1H3. The van der Waals surface area contributed by atoms with Gasteiger partial charge in [-0.3, -0.25) is 0 Å². The molecule has 1 N–H and O–H groups in total. The third-order valence-electron chi connectivity index (χ3n) is 2.44. The number of hydrogen-bond acceptors (Lipinski definition) is 3.